The Balaban J connectivity index is 1.32. The van der Waals surface area contributed by atoms with Crippen LogP contribution in [0.1, 0.15) is 43.2 Å². The summed E-state index contributed by atoms with van der Waals surface area (Å²) in [4.78, 5) is 18.5. The van der Waals surface area contributed by atoms with Gasteiger partial charge in [0.1, 0.15) is 11.6 Å². The van der Waals surface area contributed by atoms with Crippen molar-refractivity contribution in [1.82, 2.24) is 9.88 Å². The summed E-state index contributed by atoms with van der Waals surface area (Å²) < 4.78 is 59.9. The van der Waals surface area contributed by atoms with Gasteiger partial charge in [0.05, 0.1) is 24.2 Å². The summed E-state index contributed by atoms with van der Waals surface area (Å²) in [5.74, 6) is -4.52. The Labute approximate surface area is 213 Å². The number of carbonyl (C=O) groups is 1. The number of hydrogen-bond acceptors (Lipinski definition) is 4. The number of methoxy groups -OCH3 is 1. The van der Waals surface area contributed by atoms with Gasteiger partial charge in [0, 0.05) is 5.39 Å². The first-order valence-electron chi connectivity index (χ1n) is 12.4. The van der Waals surface area contributed by atoms with E-state index >= 15 is 0 Å². The third-order valence-corrected chi connectivity index (χ3v) is 7.47. The van der Waals surface area contributed by atoms with Crippen molar-refractivity contribution in [1.29, 1.82) is 0 Å². The quantitative estimate of drug-likeness (QED) is 0.267. The van der Waals surface area contributed by atoms with Gasteiger partial charge >= 0.3 is 5.97 Å². The van der Waals surface area contributed by atoms with Crippen LogP contribution in [-0.4, -0.2) is 47.7 Å². The Bertz CT molecular complexity index is 1250. The van der Waals surface area contributed by atoms with E-state index in [0.29, 0.717) is 92.4 Å². The average Bonchev–Trinajstić information content (AvgIpc) is 2.89. The van der Waals surface area contributed by atoms with Gasteiger partial charge in [-0.1, -0.05) is 0 Å². The van der Waals surface area contributed by atoms with Crippen LogP contribution < -0.4 is 4.74 Å². The number of halogens is 4. The van der Waals surface area contributed by atoms with Crippen molar-refractivity contribution in [2.75, 3.05) is 26.7 Å². The molecule has 9 heteroatoms. The van der Waals surface area contributed by atoms with E-state index in [0.717, 1.165) is 12.1 Å². The number of fused-ring (bicyclic) bond motifs is 1. The van der Waals surface area contributed by atoms with Gasteiger partial charge in [0.25, 0.3) is 0 Å². The maximum Gasteiger partial charge on any atom is 0.309 e. The van der Waals surface area contributed by atoms with Crippen molar-refractivity contribution < 1.29 is 32.2 Å². The van der Waals surface area contributed by atoms with Crippen molar-refractivity contribution in [3.05, 3.63) is 70.9 Å². The van der Waals surface area contributed by atoms with E-state index in [1.54, 1.807) is 25.3 Å². The van der Waals surface area contributed by atoms with Crippen LogP contribution >= 0.6 is 0 Å². The van der Waals surface area contributed by atoms with E-state index in [4.69, 9.17) is 4.74 Å². The van der Waals surface area contributed by atoms with E-state index in [9.17, 15) is 27.5 Å². The molecule has 0 saturated carbocycles. The minimum atomic E-state index is -1.47. The lowest BCUT2D eigenvalue weighted by atomic mass is 9.74. The predicted octanol–water partition coefficient (Wildman–Crippen LogP) is 5.92. The van der Waals surface area contributed by atoms with Crippen LogP contribution in [-0.2, 0) is 17.6 Å². The van der Waals surface area contributed by atoms with Gasteiger partial charge < -0.3 is 14.7 Å². The van der Waals surface area contributed by atoms with E-state index in [2.05, 4.69) is 9.88 Å². The van der Waals surface area contributed by atoms with Gasteiger partial charge in [0.2, 0.25) is 0 Å². The average molecular weight is 519 g/mol. The second-order valence-electron chi connectivity index (χ2n) is 9.73. The lowest BCUT2D eigenvalue weighted by molar-refractivity contribution is -0.152. The fraction of sp³-hybridized carbons (Fsp3) is 0.429. The molecule has 1 aliphatic heterocycles. The number of pyridine rings is 1. The first kappa shape index (κ1) is 26.9. The molecule has 2 heterocycles. The summed E-state index contributed by atoms with van der Waals surface area (Å²) >= 11 is 0. The Morgan fingerprint density at radius 1 is 1.03 bits per heavy atom. The maximum absolute atomic E-state index is 14.6. The van der Waals surface area contributed by atoms with Gasteiger partial charge in [-0.05, 0) is 106 Å². The number of aromatic nitrogens is 1. The summed E-state index contributed by atoms with van der Waals surface area (Å²) in [7, 11) is 1.54. The van der Waals surface area contributed by atoms with Gasteiger partial charge in [-0.3, -0.25) is 9.78 Å². The van der Waals surface area contributed by atoms with Crippen LogP contribution in [0.2, 0.25) is 0 Å². The normalized spacial score (nSPS) is 15.7. The molecule has 3 aromatic rings. The number of piperidine rings is 1. The standard InChI is InChI=1S/C28H30F4N2O3/c1-37-19-6-7-25-21(16-19)20(24(31)17-33-25)5-2-8-28(27(35)36)9-12-34(13-10-28)11-3-4-18-14-22(29)26(32)23(30)15-18/h6-7,14-17H,2-5,8-13H2,1H3,(H,35,36). The fourth-order valence-corrected chi connectivity index (χ4v) is 5.22. The molecule has 0 bridgehead atoms. The molecule has 0 spiro atoms. The number of aryl methyl sites for hydroxylation is 2. The molecule has 0 amide bonds. The molecule has 0 unspecified atom stereocenters. The summed E-state index contributed by atoms with van der Waals surface area (Å²) in [6.07, 6.45) is 4.48. The fourth-order valence-electron chi connectivity index (χ4n) is 5.22. The number of likely N-dealkylation sites (tertiary alicyclic amines) is 1. The van der Waals surface area contributed by atoms with E-state index in [1.807, 2.05) is 0 Å². The Morgan fingerprint density at radius 2 is 1.73 bits per heavy atom. The van der Waals surface area contributed by atoms with Crippen LogP contribution in [0.5, 0.6) is 5.75 Å². The number of aliphatic carboxylic acids is 1. The summed E-state index contributed by atoms with van der Waals surface area (Å²) in [5.41, 5.74) is 0.679. The largest absolute Gasteiger partial charge is 0.497 e. The molecule has 2 aromatic carbocycles. The van der Waals surface area contributed by atoms with Crippen LogP contribution in [0, 0.1) is 28.7 Å². The number of carboxylic acid groups (broad SMARTS) is 1. The van der Waals surface area contributed by atoms with Gasteiger partial charge in [-0.25, -0.2) is 17.6 Å². The lowest BCUT2D eigenvalue weighted by Gasteiger charge is -2.39. The molecule has 0 aliphatic carbocycles. The second kappa shape index (κ2) is 11.5. The van der Waals surface area contributed by atoms with Crippen LogP contribution in [0.3, 0.4) is 0 Å². The topological polar surface area (TPSA) is 62.7 Å². The smallest absolute Gasteiger partial charge is 0.309 e. The third-order valence-electron chi connectivity index (χ3n) is 7.47. The van der Waals surface area contributed by atoms with Crippen LogP contribution in [0.25, 0.3) is 10.9 Å². The molecule has 0 radical (unpaired) electrons. The highest BCUT2D eigenvalue weighted by molar-refractivity contribution is 5.83. The minimum absolute atomic E-state index is 0.390. The zero-order chi connectivity index (χ0) is 26.6. The Hall–Kier alpha value is -3.20. The monoisotopic (exact) mass is 518 g/mol. The molecule has 0 atom stereocenters. The SMILES string of the molecule is COc1ccc2ncc(F)c(CCCC3(C(=O)O)CCN(CCCc4cc(F)c(F)c(F)c4)CC3)c2c1. The number of carboxylic acids is 1. The zero-order valence-corrected chi connectivity index (χ0v) is 20.7. The number of hydrogen-bond donors (Lipinski definition) is 1. The molecule has 1 fully saturated rings. The lowest BCUT2D eigenvalue weighted by Crippen LogP contribution is -2.44. The van der Waals surface area contributed by atoms with Crippen LogP contribution in [0.15, 0.2) is 36.5 Å². The van der Waals surface area contributed by atoms with Crippen molar-refractivity contribution in [2.24, 2.45) is 5.41 Å². The highest BCUT2D eigenvalue weighted by Gasteiger charge is 2.40. The van der Waals surface area contributed by atoms with Gasteiger partial charge in [-0.2, -0.15) is 0 Å². The molecule has 37 heavy (non-hydrogen) atoms. The summed E-state index contributed by atoms with van der Waals surface area (Å²) in [6.45, 7) is 1.82. The Kier molecular flexibility index (Phi) is 8.32. The van der Waals surface area contributed by atoms with Crippen molar-refractivity contribution in [3.8, 4) is 5.75 Å². The molecule has 1 N–H and O–H groups in total. The van der Waals surface area contributed by atoms with E-state index < -0.39 is 34.7 Å². The molecule has 1 aliphatic rings. The van der Waals surface area contributed by atoms with E-state index in [-0.39, 0.29) is 0 Å². The first-order chi connectivity index (χ1) is 17.7. The highest BCUT2D eigenvalue weighted by atomic mass is 19.2. The summed E-state index contributed by atoms with van der Waals surface area (Å²) in [6, 6.07) is 7.31. The third kappa shape index (κ3) is 6.04. The number of nitrogens with zero attached hydrogens (tertiary/aromatic N) is 2. The van der Waals surface area contributed by atoms with Crippen molar-refractivity contribution >= 4 is 16.9 Å². The van der Waals surface area contributed by atoms with Crippen molar-refractivity contribution in [3.63, 3.8) is 0 Å². The minimum Gasteiger partial charge on any atom is -0.497 e. The van der Waals surface area contributed by atoms with Crippen LogP contribution in [0.4, 0.5) is 17.6 Å². The highest BCUT2D eigenvalue weighted by Crippen LogP contribution is 2.38. The van der Waals surface area contributed by atoms with Gasteiger partial charge in [0.15, 0.2) is 17.5 Å². The molecule has 1 aromatic heterocycles. The molecule has 4 rings (SSSR count). The molecule has 198 valence electrons. The van der Waals surface area contributed by atoms with E-state index in [1.165, 1.54) is 6.20 Å². The molecular weight excluding hydrogens is 488 g/mol. The first-order valence-corrected chi connectivity index (χ1v) is 12.4. The number of ether oxygens (including phenoxy) is 1. The van der Waals surface area contributed by atoms with Gasteiger partial charge in [-0.15, -0.1) is 0 Å². The molecular formula is C28H30F4N2O3. The molecule has 5 nitrogen and oxygen atoms in total. The summed E-state index contributed by atoms with van der Waals surface area (Å²) in [5, 5.41) is 10.7. The second-order valence-corrected chi connectivity index (χ2v) is 9.73. The number of rotatable bonds is 10. The number of benzene rings is 2. The predicted molar refractivity (Wildman–Crippen MR) is 132 cm³/mol. The molecule has 1 saturated heterocycles. The zero-order valence-electron chi connectivity index (χ0n) is 20.7. The maximum atomic E-state index is 14.6. The Morgan fingerprint density at radius 3 is 2.38 bits per heavy atom. The van der Waals surface area contributed by atoms with Crippen molar-refractivity contribution in [2.45, 2.75) is 44.9 Å².